The van der Waals surface area contributed by atoms with Gasteiger partial charge in [-0.05, 0) is 50.4 Å². The van der Waals surface area contributed by atoms with Crippen molar-refractivity contribution in [2.45, 2.75) is 63.4 Å². The zero-order chi connectivity index (χ0) is 13.0. The largest absolute Gasteiger partial charge is 0.381 e. The topological polar surface area (TPSA) is 18.5 Å². The maximum Gasteiger partial charge on any atom is 0.0729 e. The van der Waals surface area contributed by atoms with Crippen LogP contribution in [0, 0.1) is 11.8 Å². The van der Waals surface area contributed by atoms with E-state index in [-0.39, 0.29) is 5.60 Å². The number of hydrogen-bond donors (Lipinski definition) is 0. The maximum atomic E-state index is 6.36. The van der Waals surface area contributed by atoms with Crippen molar-refractivity contribution in [3.63, 3.8) is 0 Å². The summed E-state index contributed by atoms with van der Waals surface area (Å²) in [7, 11) is 0. The summed E-state index contributed by atoms with van der Waals surface area (Å²) >= 11 is 6.36. The number of rotatable bonds is 4. The molecule has 0 aromatic carbocycles. The molecule has 0 amide bonds. The summed E-state index contributed by atoms with van der Waals surface area (Å²) in [4.78, 5) is 0. The van der Waals surface area contributed by atoms with Crippen molar-refractivity contribution >= 4 is 11.6 Å². The highest BCUT2D eigenvalue weighted by Gasteiger charge is 2.38. The molecule has 2 aliphatic rings. The highest BCUT2D eigenvalue weighted by atomic mass is 35.5. The van der Waals surface area contributed by atoms with Crippen molar-refractivity contribution < 1.29 is 9.47 Å². The van der Waals surface area contributed by atoms with Gasteiger partial charge in [-0.3, -0.25) is 0 Å². The van der Waals surface area contributed by atoms with Gasteiger partial charge < -0.3 is 9.47 Å². The zero-order valence-corrected chi connectivity index (χ0v) is 12.5. The van der Waals surface area contributed by atoms with E-state index in [0.717, 1.165) is 45.0 Å². The van der Waals surface area contributed by atoms with Crippen molar-refractivity contribution in [3.05, 3.63) is 0 Å². The summed E-state index contributed by atoms with van der Waals surface area (Å²) in [6.07, 6.45) is 7.01. The lowest BCUT2D eigenvalue weighted by Gasteiger charge is -2.43. The molecule has 0 bridgehead atoms. The molecule has 2 saturated heterocycles. The monoisotopic (exact) mass is 274 g/mol. The molecule has 2 atom stereocenters. The van der Waals surface area contributed by atoms with Crippen LogP contribution in [0.1, 0.15) is 52.4 Å². The normalized spacial score (nSPS) is 29.7. The summed E-state index contributed by atoms with van der Waals surface area (Å²) in [5, 5.41) is 0.332. The molecular weight excluding hydrogens is 248 g/mol. The lowest BCUT2D eigenvalue weighted by Crippen LogP contribution is -2.44. The summed E-state index contributed by atoms with van der Waals surface area (Å²) in [6, 6.07) is 0. The summed E-state index contributed by atoms with van der Waals surface area (Å²) in [6.45, 7) is 7.09. The highest BCUT2D eigenvalue weighted by Crippen LogP contribution is 2.39. The Morgan fingerprint density at radius 2 is 1.94 bits per heavy atom. The fourth-order valence-corrected chi connectivity index (χ4v) is 3.32. The number of alkyl halides is 1. The second kappa shape index (κ2) is 6.58. The Bertz CT molecular complexity index is 243. The van der Waals surface area contributed by atoms with Gasteiger partial charge in [0.15, 0.2) is 0 Å². The van der Waals surface area contributed by atoms with Crippen molar-refractivity contribution in [1.82, 2.24) is 0 Å². The highest BCUT2D eigenvalue weighted by molar-refractivity contribution is 6.20. The van der Waals surface area contributed by atoms with E-state index in [1.54, 1.807) is 0 Å². The molecule has 2 nitrogen and oxygen atoms in total. The summed E-state index contributed by atoms with van der Waals surface area (Å²) in [5.74, 6) is 1.39. The third-order valence-corrected chi connectivity index (χ3v) is 5.30. The van der Waals surface area contributed by atoms with Gasteiger partial charge in [-0.15, -0.1) is 11.6 Å². The SMILES string of the molecule is CC(C)C(Cl)CCC1CCOC2(CCOCC2)C1. The van der Waals surface area contributed by atoms with Crippen LogP contribution in [0.3, 0.4) is 0 Å². The van der Waals surface area contributed by atoms with E-state index in [0.29, 0.717) is 11.3 Å². The Labute approximate surface area is 116 Å². The Morgan fingerprint density at radius 1 is 1.22 bits per heavy atom. The number of halogens is 1. The van der Waals surface area contributed by atoms with Gasteiger partial charge in [0, 0.05) is 25.2 Å². The van der Waals surface area contributed by atoms with Gasteiger partial charge in [0.05, 0.1) is 5.60 Å². The first kappa shape index (κ1) is 14.6. The molecule has 0 saturated carbocycles. The second-order valence-corrected chi connectivity index (χ2v) is 6.90. The van der Waals surface area contributed by atoms with Crippen LogP contribution in [0.4, 0.5) is 0 Å². The van der Waals surface area contributed by atoms with Gasteiger partial charge in [-0.25, -0.2) is 0 Å². The number of ether oxygens (including phenoxy) is 2. The van der Waals surface area contributed by atoms with Crippen LogP contribution in [0.5, 0.6) is 0 Å². The standard InChI is InChI=1S/C15H27ClO2/c1-12(2)14(16)4-3-13-5-8-18-15(11-13)6-9-17-10-7-15/h12-14H,3-11H2,1-2H3. The molecule has 106 valence electrons. The van der Waals surface area contributed by atoms with E-state index < -0.39 is 0 Å². The molecule has 0 aromatic heterocycles. The molecule has 0 aliphatic carbocycles. The lowest BCUT2D eigenvalue weighted by atomic mass is 9.78. The average Bonchev–Trinajstić information content (AvgIpc) is 2.37. The molecule has 0 aromatic rings. The maximum absolute atomic E-state index is 6.36. The van der Waals surface area contributed by atoms with Crippen molar-refractivity contribution in [2.24, 2.45) is 11.8 Å². The molecule has 2 unspecified atom stereocenters. The smallest absolute Gasteiger partial charge is 0.0729 e. The van der Waals surface area contributed by atoms with Gasteiger partial charge >= 0.3 is 0 Å². The van der Waals surface area contributed by atoms with Crippen LogP contribution in [0.25, 0.3) is 0 Å². The first-order valence-electron chi connectivity index (χ1n) is 7.47. The molecule has 1 spiro atoms. The van der Waals surface area contributed by atoms with E-state index in [1.165, 1.54) is 19.3 Å². The second-order valence-electron chi connectivity index (χ2n) is 6.34. The van der Waals surface area contributed by atoms with Crippen LogP contribution in [-0.4, -0.2) is 30.8 Å². The molecule has 2 heterocycles. The Morgan fingerprint density at radius 3 is 2.61 bits per heavy atom. The van der Waals surface area contributed by atoms with Gasteiger partial charge in [-0.1, -0.05) is 13.8 Å². The molecular formula is C15H27ClO2. The van der Waals surface area contributed by atoms with E-state index in [1.807, 2.05) is 0 Å². The summed E-state index contributed by atoms with van der Waals surface area (Å²) in [5.41, 5.74) is 0.140. The van der Waals surface area contributed by atoms with E-state index in [2.05, 4.69) is 13.8 Å². The van der Waals surface area contributed by atoms with Gasteiger partial charge in [0.1, 0.15) is 0 Å². The predicted molar refractivity (Wildman–Crippen MR) is 75.2 cm³/mol. The fourth-order valence-electron chi connectivity index (χ4n) is 3.20. The molecule has 0 N–H and O–H groups in total. The van der Waals surface area contributed by atoms with E-state index in [4.69, 9.17) is 21.1 Å². The first-order valence-corrected chi connectivity index (χ1v) is 7.91. The third-order valence-electron chi connectivity index (χ3n) is 4.57. The van der Waals surface area contributed by atoms with Crippen LogP contribution >= 0.6 is 11.6 Å². The zero-order valence-electron chi connectivity index (χ0n) is 11.8. The average molecular weight is 275 g/mol. The van der Waals surface area contributed by atoms with Crippen molar-refractivity contribution in [1.29, 1.82) is 0 Å². The van der Waals surface area contributed by atoms with Crippen LogP contribution < -0.4 is 0 Å². The minimum Gasteiger partial charge on any atom is -0.381 e. The van der Waals surface area contributed by atoms with E-state index in [9.17, 15) is 0 Å². The molecule has 2 rings (SSSR count). The molecule has 3 heteroatoms. The van der Waals surface area contributed by atoms with Gasteiger partial charge in [-0.2, -0.15) is 0 Å². The number of hydrogen-bond acceptors (Lipinski definition) is 2. The van der Waals surface area contributed by atoms with Crippen LogP contribution in [0.2, 0.25) is 0 Å². The van der Waals surface area contributed by atoms with Crippen molar-refractivity contribution in [3.8, 4) is 0 Å². The lowest BCUT2D eigenvalue weighted by molar-refractivity contribution is -0.147. The Hall–Kier alpha value is 0.210. The molecule has 2 aliphatic heterocycles. The van der Waals surface area contributed by atoms with Gasteiger partial charge in [0.2, 0.25) is 0 Å². The molecule has 2 fully saturated rings. The Balaban J connectivity index is 1.79. The van der Waals surface area contributed by atoms with E-state index >= 15 is 0 Å². The first-order chi connectivity index (χ1) is 8.61. The quantitative estimate of drug-likeness (QED) is 0.722. The van der Waals surface area contributed by atoms with Crippen molar-refractivity contribution in [2.75, 3.05) is 19.8 Å². The molecule has 0 radical (unpaired) electrons. The molecule has 18 heavy (non-hydrogen) atoms. The minimum absolute atomic E-state index is 0.140. The van der Waals surface area contributed by atoms with Gasteiger partial charge in [0.25, 0.3) is 0 Å². The van der Waals surface area contributed by atoms with Crippen LogP contribution in [-0.2, 0) is 9.47 Å². The minimum atomic E-state index is 0.140. The third kappa shape index (κ3) is 3.85. The predicted octanol–water partition coefficient (Wildman–Crippen LogP) is 4.01. The Kier molecular flexibility index (Phi) is 5.35. The fraction of sp³-hybridized carbons (Fsp3) is 1.00. The summed E-state index contributed by atoms with van der Waals surface area (Å²) < 4.78 is 11.5. The van der Waals surface area contributed by atoms with Crippen LogP contribution in [0.15, 0.2) is 0 Å².